The van der Waals surface area contributed by atoms with E-state index in [0.717, 1.165) is 39.8 Å². The van der Waals surface area contributed by atoms with Crippen LogP contribution in [0.1, 0.15) is 0 Å². The van der Waals surface area contributed by atoms with Crippen molar-refractivity contribution in [1.82, 2.24) is 4.98 Å². The number of H-pyrrole nitrogens is 1. The summed E-state index contributed by atoms with van der Waals surface area (Å²) in [6.45, 7) is 1.55. The molecule has 0 unspecified atom stereocenters. The fourth-order valence-corrected chi connectivity index (χ4v) is 3.39. The molecule has 0 saturated heterocycles. The van der Waals surface area contributed by atoms with E-state index >= 15 is 0 Å². The summed E-state index contributed by atoms with van der Waals surface area (Å²) < 4.78 is 22.5. The van der Waals surface area contributed by atoms with Crippen LogP contribution in [0.25, 0.3) is 21.8 Å². The Morgan fingerprint density at radius 3 is 2.50 bits per heavy atom. The van der Waals surface area contributed by atoms with E-state index < -0.39 is 0 Å². The van der Waals surface area contributed by atoms with E-state index in [2.05, 4.69) is 29.1 Å². The number of fused-ring (bicyclic) bond motifs is 5. The first-order chi connectivity index (χ1) is 11.7. The monoisotopic (exact) mass is 328 g/mol. The minimum absolute atomic E-state index is 0.575. The van der Waals surface area contributed by atoms with Crippen molar-refractivity contribution in [2.24, 2.45) is 0 Å². The largest absolute Gasteiger partial charge is 0.493 e. The van der Waals surface area contributed by atoms with Gasteiger partial charge in [-0.05, 0) is 18.2 Å². The third-order valence-corrected chi connectivity index (χ3v) is 4.59. The lowest BCUT2D eigenvalue weighted by Gasteiger charge is -2.27. The van der Waals surface area contributed by atoms with E-state index in [1.54, 1.807) is 21.3 Å². The fraction of sp³-hybridized carbons (Fsp3) is 0.333. The molecule has 0 bridgehead atoms. The van der Waals surface area contributed by atoms with E-state index in [1.807, 2.05) is 6.07 Å². The molecule has 1 aromatic heterocycles. The number of aromatic amines is 1. The maximum Gasteiger partial charge on any atom is 0.205 e. The van der Waals surface area contributed by atoms with Crippen LogP contribution < -0.4 is 23.8 Å². The third kappa shape index (κ3) is 1.89. The van der Waals surface area contributed by atoms with Gasteiger partial charge in [-0.15, -0.1) is 0 Å². The highest BCUT2D eigenvalue weighted by Crippen LogP contribution is 2.48. The standard InChI is InChI=1S/C18H20N2O4/c1-20-7-8-24-16-12(20)6-5-10-11-9-13(21-2)17(22-3)18(23-4)15(11)19-14(10)16/h5-6,9,19H,7-8H2,1-4H3. The summed E-state index contributed by atoms with van der Waals surface area (Å²) in [6, 6.07) is 6.16. The van der Waals surface area contributed by atoms with E-state index in [0.29, 0.717) is 23.9 Å². The number of nitrogens with one attached hydrogen (secondary N) is 1. The van der Waals surface area contributed by atoms with Gasteiger partial charge in [-0.1, -0.05) is 0 Å². The Labute approximate surface area is 139 Å². The second kappa shape index (κ2) is 5.40. The second-order valence-electron chi connectivity index (χ2n) is 5.80. The van der Waals surface area contributed by atoms with Crippen molar-refractivity contribution in [2.45, 2.75) is 0 Å². The van der Waals surface area contributed by atoms with Gasteiger partial charge in [-0.3, -0.25) is 0 Å². The van der Waals surface area contributed by atoms with Gasteiger partial charge in [0.05, 0.1) is 44.6 Å². The first-order valence-corrected chi connectivity index (χ1v) is 7.80. The molecule has 0 radical (unpaired) electrons. The maximum absolute atomic E-state index is 5.95. The maximum atomic E-state index is 5.95. The smallest absolute Gasteiger partial charge is 0.205 e. The van der Waals surface area contributed by atoms with E-state index in [4.69, 9.17) is 18.9 Å². The molecule has 0 fully saturated rings. The van der Waals surface area contributed by atoms with Crippen LogP contribution in [0.4, 0.5) is 5.69 Å². The highest BCUT2D eigenvalue weighted by atomic mass is 16.5. The van der Waals surface area contributed by atoms with E-state index in [1.165, 1.54) is 0 Å². The molecule has 1 N–H and O–H groups in total. The fourth-order valence-electron chi connectivity index (χ4n) is 3.39. The van der Waals surface area contributed by atoms with Crippen molar-refractivity contribution in [1.29, 1.82) is 0 Å². The molecule has 0 spiro atoms. The van der Waals surface area contributed by atoms with Gasteiger partial charge in [-0.2, -0.15) is 0 Å². The molecule has 126 valence electrons. The Kier molecular flexibility index (Phi) is 3.33. The first kappa shape index (κ1) is 14.8. The molecule has 4 rings (SSSR count). The molecule has 2 heterocycles. The van der Waals surface area contributed by atoms with Gasteiger partial charge < -0.3 is 28.8 Å². The molecule has 0 atom stereocenters. The zero-order chi connectivity index (χ0) is 16.8. The minimum Gasteiger partial charge on any atom is -0.493 e. The Hall–Kier alpha value is -2.76. The molecular formula is C18H20N2O4. The number of aromatic nitrogens is 1. The van der Waals surface area contributed by atoms with Gasteiger partial charge in [0, 0.05) is 17.8 Å². The quantitative estimate of drug-likeness (QED) is 0.800. The number of anilines is 1. The van der Waals surface area contributed by atoms with Crippen LogP contribution in [-0.2, 0) is 0 Å². The van der Waals surface area contributed by atoms with Crippen molar-refractivity contribution in [2.75, 3.05) is 46.4 Å². The summed E-state index contributed by atoms with van der Waals surface area (Å²) in [6.07, 6.45) is 0. The molecule has 2 aromatic carbocycles. The number of benzene rings is 2. The SMILES string of the molecule is COc1cc2c([nH]c3c4c(ccc32)N(C)CCO4)c(OC)c1OC. The van der Waals surface area contributed by atoms with Crippen molar-refractivity contribution in [3.05, 3.63) is 18.2 Å². The molecule has 1 aliphatic heterocycles. The number of methoxy groups -OCH3 is 3. The van der Waals surface area contributed by atoms with Gasteiger partial charge >= 0.3 is 0 Å². The highest BCUT2D eigenvalue weighted by Gasteiger charge is 2.24. The summed E-state index contributed by atoms with van der Waals surface area (Å²) in [4.78, 5) is 5.66. The third-order valence-electron chi connectivity index (χ3n) is 4.59. The molecule has 24 heavy (non-hydrogen) atoms. The summed E-state index contributed by atoms with van der Waals surface area (Å²) >= 11 is 0. The van der Waals surface area contributed by atoms with Gasteiger partial charge in [0.15, 0.2) is 17.2 Å². The molecule has 3 aromatic rings. The Morgan fingerprint density at radius 2 is 1.79 bits per heavy atom. The van der Waals surface area contributed by atoms with Crippen LogP contribution >= 0.6 is 0 Å². The highest BCUT2D eigenvalue weighted by molar-refractivity contribution is 6.13. The summed E-state index contributed by atoms with van der Waals surface area (Å²) in [5.74, 6) is 2.71. The molecule has 1 aliphatic rings. The summed E-state index contributed by atoms with van der Waals surface area (Å²) in [5.41, 5.74) is 2.91. The molecule has 0 amide bonds. The lowest BCUT2D eigenvalue weighted by molar-refractivity contribution is 0.314. The van der Waals surface area contributed by atoms with Gasteiger partial charge in [0.25, 0.3) is 0 Å². The van der Waals surface area contributed by atoms with Crippen molar-refractivity contribution in [3.63, 3.8) is 0 Å². The van der Waals surface area contributed by atoms with E-state index in [-0.39, 0.29) is 0 Å². The summed E-state index contributed by atoms with van der Waals surface area (Å²) in [5, 5.41) is 2.08. The van der Waals surface area contributed by atoms with Crippen LogP contribution in [0.15, 0.2) is 18.2 Å². The number of hydrogen-bond acceptors (Lipinski definition) is 5. The molecule has 0 saturated carbocycles. The Balaban J connectivity index is 2.11. The predicted molar refractivity (Wildman–Crippen MR) is 94.2 cm³/mol. The Bertz CT molecular complexity index is 932. The average molecular weight is 328 g/mol. The van der Waals surface area contributed by atoms with Gasteiger partial charge in [-0.25, -0.2) is 0 Å². The number of rotatable bonds is 3. The van der Waals surface area contributed by atoms with Crippen LogP contribution in [0.5, 0.6) is 23.0 Å². The van der Waals surface area contributed by atoms with Crippen LogP contribution in [0.2, 0.25) is 0 Å². The topological polar surface area (TPSA) is 56.0 Å². The normalized spacial score (nSPS) is 13.8. The molecule has 0 aliphatic carbocycles. The average Bonchev–Trinajstić information content (AvgIpc) is 2.98. The number of ether oxygens (including phenoxy) is 4. The lowest BCUT2D eigenvalue weighted by atomic mass is 10.1. The van der Waals surface area contributed by atoms with Crippen LogP contribution in [0, 0.1) is 0 Å². The molecule has 6 nitrogen and oxygen atoms in total. The number of likely N-dealkylation sites (N-methyl/N-ethyl adjacent to an activating group) is 1. The van der Waals surface area contributed by atoms with Crippen LogP contribution in [-0.4, -0.2) is 46.5 Å². The van der Waals surface area contributed by atoms with Gasteiger partial charge in [0.1, 0.15) is 6.61 Å². The predicted octanol–water partition coefficient (Wildman–Crippen LogP) is 3.18. The van der Waals surface area contributed by atoms with Crippen molar-refractivity contribution >= 4 is 27.5 Å². The molecule has 6 heteroatoms. The zero-order valence-electron chi connectivity index (χ0n) is 14.2. The second-order valence-corrected chi connectivity index (χ2v) is 5.80. The van der Waals surface area contributed by atoms with Gasteiger partial charge in [0.2, 0.25) is 5.75 Å². The first-order valence-electron chi connectivity index (χ1n) is 7.80. The van der Waals surface area contributed by atoms with E-state index in [9.17, 15) is 0 Å². The Morgan fingerprint density at radius 1 is 1.00 bits per heavy atom. The van der Waals surface area contributed by atoms with Crippen molar-refractivity contribution < 1.29 is 18.9 Å². The number of nitrogens with zero attached hydrogens (tertiary/aromatic N) is 1. The zero-order valence-corrected chi connectivity index (χ0v) is 14.2. The minimum atomic E-state index is 0.575. The lowest BCUT2D eigenvalue weighted by Crippen LogP contribution is -2.28. The summed E-state index contributed by atoms with van der Waals surface area (Å²) in [7, 11) is 6.93. The van der Waals surface area contributed by atoms with Crippen LogP contribution in [0.3, 0.4) is 0 Å². The van der Waals surface area contributed by atoms with Crippen molar-refractivity contribution in [3.8, 4) is 23.0 Å². The number of hydrogen-bond donors (Lipinski definition) is 1. The molecular weight excluding hydrogens is 308 g/mol.